The zero-order valence-corrected chi connectivity index (χ0v) is 4.91. The van der Waals surface area contributed by atoms with Crippen LogP contribution in [-0.2, 0) is 0 Å². The Bertz CT molecular complexity index is 175. The molecule has 0 radical (unpaired) electrons. The van der Waals surface area contributed by atoms with Crippen LogP contribution in [0.4, 0.5) is 0 Å². The van der Waals surface area contributed by atoms with Crippen LogP contribution in [0.25, 0.3) is 0 Å². The molecule has 0 saturated heterocycles. The first-order valence-corrected chi connectivity index (χ1v) is 2.75. The van der Waals surface area contributed by atoms with E-state index in [9.17, 15) is 0 Å². The van der Waals surface area contributed by atoms with Crippen molar-refractivity contribution >= 4 is 6.21 Å². The van der Waals surface area contributed by atoms with Gasteiger partial charge in [-0.3, -0.25) is 4.99 Å². The molecule has 9 heavy (non-hydrogen) atoms. The Kier molecular flexibility index (Phi) is 1.86. The van der Waals surface area contributed by atoms with Crippen molar-refractivity contribution in [1.29, 1.82) is 5.26 Å². The third-order valence-electron chi connectivity index (χ3n) is 1.02. The van der Waals surface area contributed by atoms with Gasteiger partial charge in [0.25, 0.3) is 0 Å². The molecule has 1 rings (SSSR count). The smallest absolute Gasteiger partial charge is 0.131 e. The molecule has 0 spiro atoms. The number of nitriles is 1. The molecule has 3 heteroatoms. The second-order valence-electron chi connectivity index (χ2n) is 1.70. The zero-order valence-electron chi connectivity index (χ0n) is 4.91. The molecule has 0 saturated carbocycles. The SMILES string of the molecule is N#CCC1N=CC=CN1. The van der Waals surface area contributed by atoms with Crippen LogP contribution in [0.3, 0.4) is 0 Å². The molecule has 0 aromatic carbocycles. The number of nitrogens with zero attached hydrogens (tertiary/aromatic N) is 2. The summed E-state index contributed by atoms with van der Waals surface area (Å²) in [4.78, 5) is 3.97. The molecule has 1 unspecified atom stereocenters. The van der Waals surface area contributed by atoms with Crippen LogP contribution < -0.4 is 5.32 Å². The topological polar surface area (TPSA) is 48.2 Å². The number of nitrogens with one attached hydrogen (secondary N) is 1. The molecule has 1 N–H and O–H groups in total. The van der Waals surface area contributed by atoms with Gasteiger partial charge in [0.1, 0.15) is 6.17 Å². The molecule has 0 fully saturated rings. The standard InChI is InChI=1S/C6H7N3/c7-3-2-6-8-4-1-5-9-6/h1,4-6,8H,2H2. The Balaban J connectivity index is 2.39. The van der Waals surface area contributed by atoms with Crippen molar-refractivity contribution in [2.45, 2.75) is 12.6 Å². The fraction of sp³-hybridized carbons (Fsp3) is 0.333. The van der Waals surface area contributed by atoms with E-state index in [1.54, 1.807) is 18.5 Å². The lowest BCUT2D eigenvalue weighted by Gasteiger charge is -2.09. The van der Waals surface area contributed by atoms with Crippen molar-refractivity contribution in [3.63, 3.8) is 0 Å². The fourth-order valence-corrected chi connectivity index (χ4v) is 0.604. The Hall–Kier alpha value is -1.30. The third kappa shape index (κ3) is 1.57. The molecule has 46 valence electrons. The van der Waals surface area contributed by atoms with Crippen LogP contribution in [0.5, 0.6) is 0 Å². The molecular weight excluding hydrogens is 114 g/mol. The van der Waals surface area contributed by atoms with Crippen molar-refractivity contribution in [3.05, 3.63) is 12.3 Å². The van der Waals surface area contributed by atoms with Crippen molar-refractivity contribution in [2.24, 2.45) is 4.99 Å². The van der Waals surface area contributed by atoms with Gasteiger partial charge in [-0.25, -0.2) is 0 Å². The summed E-state index contributed by atoms with van der Waals surface area (Å²) >= 11 is 0. The number of allylic oxidation sites excluding steroid dienone is 1. The molecule has 0 aliphatic carbocycles. The maximum absolute atomic E-state index is 8.23. The summed E-state index contributed by atoms with van der Waals surface area (Å²) in [5.74, 6) is 0. The molecular formula is C6H7N3. The molecule has 0 amide bonds. The first-order valence-electron chi connectivity index (χ1n) is 2.75. The second-order valence-corrected chi connectivity index (χ2v) is 1.70. The largest absolute Gasteiger partial charge is 0.369 e. The van der Waals surface area contributed by atoms with Crippen LogP contribution in [0.2, 0.25) is 0 Å². The third-order valence-corrected chi connectivity index (χ3v) is 1.02. The molecule has 1 heterocycles. The minimum Gasteiger partial charge on any atom is -0.369 e. The number of hydrogen-bond acceptors (Lipinski definition) is 3. The molecule has 0 aromatic heterocycles. The highest BCUT2D eigenvalue weighted by Crippen LogP contribution is 1.94. The van der Waals surface area contributed by atoms with Crippen molar-refractivity contribution in [3.8, 4) is 6.07 Å². The van der Waals surface area contributed by atoms with E-state index in [1.807, 2.05) is 6.07 Å². The van der Waals surface area contributed by atoms with Gasteiger partial charge in [0.15, 0.2) is 0 Å². The maximum Gasteiger partial charge on any atom is 0.131 e. The van der Waals surface area contributed by atoms with E-state index in [-0.39, 0.29) is 6.17 Å². The minimum atomic E-state index is -0.0278. The summed E-state index contributed by atoms with van der Waals surface area (Å²) < 4.78 is 0. The van der Waals surface area contributed by atoms with Crippen LogP contribution >= 0.6 is 0 Å². The predicted octanol–water partition coefficient (Wildman–Crippen LogP) is 0.414. The van der Waals surface area contributed by atoms with Crippen molar-refractivity contribution < 1.29 is 0 Å². The lowest BCUT2D eigenvalue weighted by molar-refractivity contribution is 0.624. The van der Waals surface area contributed by atoms with Crippen molar-refractivity contribution in [1.82, 2.24) is 5.32 Å². The Labute approximate surface area is 53.7 Å². The highest BCUT2D eigenvalue weighted by atomic mass is 15.1. The van der Waals surface area contributed by atoms with E-state index in [1.165, 1.54) is 0 Å². The molecule has 1 aliphatic heterocycles. The van der Waals surface area contributed by atoms with E-state index in [0.717, 1.165) is 0 Å². The van der Waals surface area contributed by atoms with Crippen LogP contribution in [0.1, 0.15) is 6.42 Å². The first-order chi connectivity index (χ1) is 4.43. The fourth-order valence-electron chi connectivity index (χ4n) is 0.604. The second kappa shape index (κ2) is 2.88. The molecule has 3 nitrogen and oxygen atoms in total. The average molecular weight is 121 g/mol. The van der Waals surface area contributed by atoms with Gasteiger partial charge in [-0.2, -0.15) is 5.26 Å². The number of hydrogen-bond donors (Lipinski definition) is 1. The highest BCUT2D eigenvalue weighted by molar-refractivity contribution is 5.71. The van der Waals surface area contributed by atoms with Gasteiger partial charge >= 0.3 is 0 Å². The molecule has 1 atom stereocenters. The van der Waals surface area contributed by atoms with Gasteiger partial charge in [0.05, 0.1) is 12.5 Å². The van der Waals surface area contributed by atoms with E-state index < -0.39 is 0 Å². The van der Waals surface area contributed by atoms with Gasteiger partial charge in [-0.15, -0.1) is 0 Å². The van der Waals surface area contributed by atoms with Crippen LogP contribution in [0.15, 0.2) is 17.3 Å². The zero-order chi connectivity index (χ0) is 6.53. The predicted molar refractivity (Wildman–Crippen MR) is 34.8 cm³/mol. The molecule has 1 aliphatic rings. The van der Waals surface area contributed by atoms with Gasteiger partial charge in [0, 0.05) is 6.21 Å². The summed E-state index contributed by atoms with van der Waals surface area (Å²) in [5, 5.41) is 11.1. The summed E-state index contributed by atoms with van der Waals surface area (Å²) in [6.45, 7) is 0. The highest BCUT2D eigenvalue weighted by Gasteiger charge is 2.01. The summed E-state index contributed by atoms with van der Waals surface area (Å²) in [7, 11) is 0. The summed E-state index contributed by atoms with van der Waals surface area (Å²) in [6.07, 6.45) is 5.68. The normalized spacial score (nSPS) is 22.8. The minimum absolute atomic E-state index is 0.0278. The van der Waals surface area contributed by atoms with Gasteiger partial charge < -0.3 is 5.32 Å². The quantitative estimate of drug-likeness (QED) is 0.546. The first kappa shape index (κ1) is 5.83. The Morgan fingerprint density at radius 1 is 1.78 bits per heavy atom. The van der Waals surface area contributed by atoms with Gasteiger partial charge in [-0.05, 0) is 12.3 Å². The van der Waals surface area contributed by atoms with E-state index in [2.05, 4.69) is 10.3 Å². The number of aliphatic imine (C=N–C) groups is 1. The van der Waals surface area contributed by atoms with Crippen LogP contribution in [0, 0.1) is 11.3 Å². The monoisotopic (exact) mass is 121 g/mol. The lowest BCUT2D eigenvalue weighted by Crippen LogP contribution is -2.23. The van der Waals surface area contributed by atoms with E-state index >= 15 is 0 Å². The molecule has 0 bridgehead atoms. The lowest BCUT2D eigenvalue weighted by atomic mass is 10.3. The van der Waals surface area contributed by atoms with Gasteiger partial charge in [-0.1, -0.05) is 0 Å². The molecule has 0 aromatic rings. The summed E-state index contributed by atoms with van der Waals surface area (Å²) in [5.41, 5.74) is 0. The van der Waals surface area contributed by atoms with E-state index in [0.29, 0.717) is 6.42 Å². The summed E-state index contributed by atoms with van der Waals surface area (Å²) in [6, 6.07) is 2.03. The van der Waals surface area contributed by atoms with Crippen molar-refractivity contribution in [2.75, 3.05) is 0 Å². The average Bonchev–Trinajstić information content (AvgIpc) is 1.91. The van der Waals surface area contributed by atoms with E-state index in [4.69, 9.17) is 5.26 Å². The Morgan fingerprint density at radius 2 is 2.67 bits per heavy atom. The van der Waals surface area contributed by atoms with Gasteiger partial charge in [0.2, 0.25) is 0 Å². The number of rotatable bonds is 1. The maximum atomic E-state index is 8.23. The van der Waals surface area contributed by atoms with Crippen LogP contribution in [-0.4, -0.2) is 12.4 Å². The Morgan fingerprint density at radius 3 is 3.22 bits per heavy atom.